The van der Waals surface area contributed by atoms with Crippen molar-refractivity contribution < 1.29 is 14.8 Å². The van der Waals surface area contributed by atoms with Crippen molar-refractivity contribution in [2.75, 3.05) is 0 Å². The molecule has 0 saturated carbocycles. The fourth-order valence-electron chi connectivity index (χ4n) is 1.18. The highest BCUT2D eigenvalue weighted by Gasteiger charge is 2.65. The number of hydrogen-bond acceptors (Lipinski definition) is 10. The summed E-state index contributed by atoms with van der Waals surface area (Å²) in [5.74, 6) is -3.86. The lowest BCUT2D eigenvalue weighted by Crippen LogP contribution is -2.53. The van der Waals surface area contributed by atoms with Crippen LogP contribution in [0.25, 0.3) is 0 Å². The minimum atomic E-state index is -3.00. The standard InChI is InChI=1S/C4H5N9O6/c5-3(6)7-4(13(18)19)1(8-10-9-4)2(11(14)15)12(16)17/h2H,(H4,5,6,7). The average molecular weight is 275 g/mol. The fourth-order valence-corrected chi connectivity index (χ4v) is 1.18. The van der Waals surface area contributed by atoms with Gasteiger partial charge in [-0.25, -0.2) is 0 Å². The molecular formula is C4H5N9O6. The van der Waals surface area contributed by atoms with E-state index in [2.05, 4.69) is 20.4 Å². The van der Waals surface area contributed by atoms with E-state index in [1.54, 1.807) is 0 Å². The third-order valence-electron chi connectivity index (χ3n) is 1.86. The molecular weight excluding hydrogens is 270 g/mol. The molecule has 0 radical (unpaired) electrons. The lowest BCUT2D eigenvalue weighted by molar-refractivity contribution is -0.722. The molecule has 0 saturated heterocycles. The van der Waals surface area contributed by atoms with Crippen molar-refractivity contribution in [1.29, 1.82) is 0 Å². The summed E-state index contributed by atoms with van der Waals surface area (Å²) >= 11 is 0. The number of nitrogens with two attached hydrogens (primary N) is 2. The van der Waals surface area contributed by atoms with Crippen LogP contribution in [0.5, 0.6) is 0 Å². The largest absolute Gasteiger partial charge is 0.502 e. The molecule has 4 N–H and O–H groups in total. The van der Waals surface area contributed by atoms with Crippen molar-refractivity contribution in [3.8, 4) is 0 Å². The van der Waals surface area contributed by atoms with Gasteiger partial charge >= 0.3 is 17.7 Å². The molecule has 0 aliphatic carbocycles. The highest BCUT2D eigenvalue weighted by Crippen LogP contribution is 2.26. The zero-order valence-electron chi connectivity index (χ0n) is 8.81. The molecule has 0 aromatic rings. The molecule has 0 aromatic heterocycles. The molecule has 15 heteroatoms. The lowest BCUT2D eigenvalue weighted by Gasteiger charge is -2.11. The van der Waals surface area contributed by atoms with Gasteiger partial charge in [0.2, 0.25) is 0 Å². The molecule has 1 aliphatic heterocycles. The van der Waals surface area contributed by atoms with Crippen molar-refractivity contribution in [1.82, 2.24) is 0 Å². The Morgan fingerprint density at radius 1 is 1.21 bits per heavy atom. The number of rotatable bonds is 5. The summed E-state index contributed by atoms with van der Waals surface area (Å²) in [6, 6.07) is 0. The summed E-state index contributed by atoms with van der Waals surface area (Å²) in [7, 11) is 0. The lowest BCUT2D eigenvalue weighted by atomic mass is 10.2. The van der Waals surface area contributed by atoms with E-state index >= 15 is 0 Å². The van der Waals surface area contributed by atoms with Crippen molar-refractivity contribution in [2.45, 2.75) is 12.0 Å². The van der Waals surface area contributed by atoms with Gasteiger partial charge in [0.1, 0.15) is 9.85 Å². The summed E-state index contributed by atoms with van der Waals surface area (Å²) in [5, 5.41) is 40.8. The van der Waals surface area contributed by atoms with Crippen LogP contribution in [-0.4, -0.2) is 38.4 Å². The van der Waals surface area contributed by atoms with Crippen LogP contribution in [0.1, 0.15) is 0 Å². The Hall–Kier alpha value is -3.26. The third kappa shape index (κ3) is 2.23. The van der Waals surface area contributed by atoms with E-state index in [1.165, 1.54) is 0 Å². The Bertz CT molecular complexity index is 519. The second-order valence-electron chi connectivity index (χ2n) is 3.05. The second-order valence-corrected chi connectivity index (χ2v) is 3.05. The molecule has 0 bridgehead atoms. The van der Waals surface area contributed by atoms with Crippen LogP contribution in [0.3, 0.4) is 0 Å². The van der Waals surface area contributed by atoms with Crippen LogP contribution in [0.2, 0.25) is 0 Å². The van der Waals surface area contributed by atoms with Gasteiger partial charge in [0.15, 0.2) is 5.96 Å². The maximum absolute atomic E-state index is 10.9. The van der Waals surface area contributed by atoms with E-state index < -0.39 is 38.4 Å². The molecule has 0 fully saturated rings. The minimum absolute atomic E-state index is 0.865. The van der Waals surface area contributed by atoms with E-state index in [9.17, 15) is 30.3 Å². The monoisotopic (exact) mass is 275 g/mol. The molecule has 19 heavy (non-hydrogen) atoms. The van der Waals surface area contributed by atoms with Gasteiger partial charge in [-0.05, 0) is 5.22 Å². The zero-order chi connectivity index (χ0) is 14.8. The van der Waals surface area contributed by atoms with Crippen LogP contribution in [0, 0.1) is 30.3 Å². The SMILES string of the molecule is NC(N)=NC1([N+](=O)[O-])N=NN=C1C([N+](=O)[O-])[N+](=O)[O-]. The highest BCUT2D eigenvalue weighted by atomic mass is 16.7. The molecule has 1 aliphatic rings. The van der Waals surface area contributed by atoms with Crippen LogP contribution >= 0.6 is 0 Å². The second kappa shape index (κ2) is 4.55. The first-order valence-electron chi connectivity index (χ1n) is 4.25. The van der Waals surface area contributed by atoms with Crippen molar-refractivity contribution in [2.24, 2.45) is 31.9 Å². The first kappa shape index (κ1) is 13.8. The van der Waals surface area contributed by atoms with Crippen molar-refractivity contribution in [3.63, 3.8) is 0 Å². The first-order chi connectivity index (χ1) is 8.72. The number of nitrogens with zero attached hydrogens (tertiary/aromatic N) is 7. The van der Waals surface area contributed by atoms with E-state index in [0.717, 1.165) is 0 Å². The Morgan fingerprint density at radius 3 is 2.11 bits per heavy atom. The maximum Gasteiger partial charge on any atom is 0.502 e. The molecule has 1 rings (SSSR count). The van der Waals surface area contributed by atoms with Crippen LogP contribution in [-0.2, 0) is 0 Å². The van der Waals surface area contributed by atoms with Gasteiger partial charge in [-0.1, -0.05) is 5.11 Å². The summed E-state index contributed by atoms with van der Waals surface area (Å²) in [6.07, 6.45) is -2.75. The zero-order valence-corrected chi connectivity index (χ0v) is 8.81. The summed E-state index contributed by atoms with van der Waals surface area (Å²) in [6.45, 7) is 0. The van der Waals surface area contributed by atoms with Gasteiger partial charge in [-0.3, -0.25) is 30.3 Å². The van der Waals surface area contributed by atoms with Gasteiger partial charge in [0, 0.05) is 0 Å². The molecule has 1 unspecified atom stereocenters. The number of hydrogen-bond donors (Lipinski definition) is 2. The van der Waals surface area contributed by atoms with Crippen molar-refractivity contribution in [3.05, 3.63) is 30.3 Å². The van der Waals surface area contributed by atoms with Crippen molar-refractivity contribution >= 4 is 11.7 Å². The van der Waals surface area contributed by atoms with Gasteiger partial charge < -0.3 is 11.5 Å². The van der Waals surface area contributed by atoms with Gasteiger partial charge in [-0.2, -0.15) is 0 Å². The predicted molar refractivity (Wildman–Crippen MR) is 55.6 cm³/mol. The third-order valence-corrected chi connectivity index (χ3v) is 1.86. The minimum Gasteiger partial charge on any atom is -0.370 e. The molecule has 1 atom stereocenters. The van der Waals surface area contributed by atoms with Gasteiger partial charge in [-0.15, -0.1) is 10.1 Å². The van der Waals surface area contributed by atoms with Crippen LogP contribution < -0.4 is 11.5 Å². The summed E-state index contributed by atoms with van der Waals surface area (Å²) in [5.41, 5.74) is 8.65. The first-order valence-corrected chi connectivity index (χ1v) is 4.25. The van der Waals surface area contributed by atoms with Gasteiger partial charge in [0.25, 0.3) is 0 Å². The molecule has 0 amide bonds. The van der Waals surface area contributed by atoms with E-state index in [1.807, 2.05) is 0 Å². The summed E-state index contributed by atoms with van der Waals surface area (Å²) < 4.78 is 0. The molecule has 102 valence electrons. The Morgan fingerprint density at radius 2 is 1.74 bits per heavy atom. The smallest absolute Gasteiger partial charge is 0.370 e. The molecule has 15 nitrogen and oxygen atoms in total. The Kier molecular flexibility index (Phi) is 3.30. The number of aliphatic imine (C=N–C) groups is 1. The number of guanidine groups is 1. The molecule has 0 aromatic carbocycles. The summed E-state index contributed by atoms with van der Waals surface area (Å²) in [4.78, 5) is 31.1. The fraction of sp³-hybridized carbons (Fsp3) is 0.500. The van der Waals surface area contributed by atoms with E-state index in [0.29, 0.717) is 0 Å². The van der Waals surface area contributed by atoms with Crippen LogP contribution in [0.15, 0.2) is 20.4 Å². The quantitative estimate of drug-likeness (QED) is 0.185. The van der Waals surface area contributed by atoms with E-state index in [-0.39, 0.29) is 0 Å². The average Bonchev–Trinajstić information content (AvgIpc) is 2.61. The molecule has 1 heterocycles. The normalized spacial score (nSPS) is 21.0. The highest BCUT2D eigenvalue weighted by molar-refractivity contribution is 5.96. The Labute approximate surface area is 102 Å². The maximum atomic E-state index is 10.9. The predicted octanol–water partition coefficient (Wildman–Crippen LogP) is -2.11. The number of nitro groups is 3. The Balaban J connectivity index is 3.42. The van der Waals surface area contributed by atoms with E-state index in [4.69, 9.17) is 11.5 Å². The molecule has 0 spiro atoms. The topological polar surface area (TPSA) is 231 Å². The van der Waals surface area contributed by atoms with Crippen LogP contribution in [0.4, 0.5) is 0 Å². The van der Waals surface area contributed by atoms with Gasteiger partial charge in [0.05, 0.1) is 4.92 Å².